The van der Waals surface area contributed by atoms with E-state index in [0.717, 1.165) is 36.0 Å². The van der Waals surface area contributed by atoms with Crippen molar-refractivity contribution in [1.82, 2.24) is 5.32 Å². The van der Waals surface area contributed by atoms with Gasteiger partial charge in [0.2, 0.25) is 5.91 Å². The third-order valence-corrected chi connectivity index (χ3v) is 5.56. The first-order valence-electron chi connectivity index (χ1n) is 8.95. The van der Waals surface area contributed by atoms with Gasteiger partial charge >= 0.3 is 0 Å². The molecule has 0 saturated carbocycles. The second kappa shape index (κ2) is 5.87. The lowest BCUT2D eigenvalue weighted by atomic mass is 9.85. The Morgan fingerprint density at radius 2 is 2.08 bits per heavy atom. The van der Waals surface area contributed by atoms with Crippen molar-refractivity contribution < 1.29 is 14.7 Å². The lowest BCUT2D eigenvalue weighted by Gasteiger charge is -2.27. The summed E-state index contributed by atoms with van der Waals surface area (Å²) < 4.78 is 0. The Morgan fingerprint density at radius 3 is 2.88 bits per heavy atom. The predicted molar refractivity (Wildman–Crippen MR) is 99.3 cm³/mol. The largest absolute Gasteiger partial charge is 0.508 e. The van der Waals surface area contributed by atoms with E-state index < -0.39 is 5.41 Å². The lowest BCUT2D eigenvalue weighted by molar-refractivity contribution is -0.119. The van der Waals surface area contributed by atoms with E-state index in [4.69, 9.17) is 0 Å². The standard InChI is InChI=1S/C21H22N2O3/c1-21(2)15-10-9-12(11-17(15)23-20(21)26)19(25)22-16-7-3-6-14-13(16)5-4-8-18(14)24/h4-5,8-11,16,24H,3,6-7H2,1-2H3,(H,22,25)(H,23,26). The second-order valence-corrected chi connectivity index (χ2v) is 7.60. The normalized spacial score (nSPS) is 20.1. The molecular formula is C21H22N2O3. The first-order valence-corrected chi connectivity index (χ1v) is 8.95. The molecule has 3 N–H and O–H groups in total. The SMILES string of the molecule is CC1(C)C(=O)Nc2cc(C(=O)NC3CCCc4c(O)cccc43)ccc21. The summed E-state index contributed by atoms with van der Waals surface area (Å²) in [6, 6.07) is 10.7. The Labute approximate surface area is 152 Å². The molecule has 2 aromatic carbocycles. The number of rotatable bonds is 2. The predicted octanol–water partition coefficient (Wildman–Crippen LogP) is 3.43. The smallest absolute Gasteiger partial charge is 0.251 e. The molecule has 4 rings (SSSR count). The van der Waals surface area contributed by atoms with Crippen LogP contribution in [0.25, 0.3) is 0 Å². The van der Waals surface area contributed by atoms with Crippen LogP contribution in [-0.4, -0.2) is 16.9 Å². The first kappa shape index (κ1) is 16.6. The van der Waals surface area contributed by atoms with Gasteiger partial charge in [-0.15, -0.1) is 0 Å². The molecule has 2 amide bonds. The molecule has 2 aromatic rings. The zero-order valence-electron chi connectivity index (χ0n) is 14.9. The van der Waals surface area contributed by atoms with Crippen molar-refractivity contribution in [3.8, 4) is 5.75 Å². The van der Waals surface area contributed by atoms with Gasteiger partial charge in [-0.2, -0.15) is 0 Å². The maximum Gasteiger partial charge on any atom is 0.251 e. The molecule has 5 heteroatoms. The molecule has 1 aliphatic carbocycles. The molecule has 5 nitrogen and oxygen atoms in total. The van der Waals surface area contributed by atoms with Gasteiger partial charge in [0.05, 0.1) is 11.5 Å². The van der Waals surface area contributed by atoms with Crippen LogP contribution in [0.2, 0.25) is 0 Å². The van der Waals surface area contributed by atoms with Crippen molar-refractivity contribution in [2.45, 2.75) is 44.6 Å². The van der Waals surface area contributed by atoms with E-state index in [2.05, 4.69) is 10.6 Å². The number of aromatic hydroxyl groups is 1. The topological polar surface area (TPSA) is 78.4 Å². The highest BCUT2D eigenvalue weighted by molar-refractivity contribution is 6.07. The van der Waals surface area contributed by atoms with Crippen LogP contribution >= 0.6 is 0 Å². The van der Waals surface area contributed by atoms with Gasteiger partial charge in [-0.25, -0.2) is 0 Å². The number of nitrogens with one attached hydrogen (secondary N) is 2. The fourth-order valence-electron chi connectivity index (χ4n) is 3.96. The van der Waals surface area contributed by atoms with Crippen molar-refractivity contribution in [1.29, 1.82) is 0 Å². The zero-order chi connectivity index (χ0) is 18.5. The van der Waals surface area contributed by atoms with Crippen LogP contribution in [0.4, 0.5) is 5.69 Å². The second-order valence-electron chi connectivity index (χ2n) is 7.60. The Morgan fingerprint density at radius 1 is 1.27 bits per heavy atom. The average molecular weight is 350 g/mol. The molecule has 134 valence electrons. The van der Waals surface area contributed by atoms with Gasteiger partial charge in [-0.3, -0.25) is 9.59 Å². The summed E-state index contributed by atoms with van der Waals surface area (Å²) >= 11 is 0. The van der Waals surface area contributed by atoms with Gasteiger partial charge in [0.25, 0.3) is 5.91 Å². The number of hydrogen-bond donors (Lipinski definition) is 3. The molecule has 0 fully saturated rings. The summed E-state index contributed by atoms with van der Waals surface area (Å²) in [7, 11) is 0. The number of fused-ring (bicyclic) bond motifs is 2. The number of phenols is 1. The molecule has 0 radical (unpaired) electrons. The Bertz CT molecular complexity index is 917. The number of carbonyl (C=O) groups is 2. The molecule has 0 aromatic heterocycles. The van der Waals surface area contributed by atoms with Crippen molar-refractivity contribution in [3.63, 3.8) is 0 Å². The first-order chi connectivity index (χ1) is 12.4. The molecule has 1 atom stereocenters. The summed E-state index contributed by atoms with van der Waals surface area (Å²) in [6.07, 6.45) is 2.59. The molecule has 0 spiro atoms. The molecule has 1 heterocycles. The fourth-order valence-corrected chi connectivity index (χ4v) is 3.96. The van der Waals surface area contributed by atoms with Crippen LogP contribution in [0, 0.1) is 0 Å². The van der Waals surface area contributed by atoms with Crippen LogP contribution in [0.3, 0.4) is 0 Å². The highest BCUT2D eigenvalue weighted by Gasteiger charge is 2.38. The Balaban J connectivity index is 1.59. The molecule has 1 aliphatic heterocycles. The van der Waals surface area contributed by atoms with E-state index in [0.29, 0.717) is 17.0 Å². The molecule has 0 saturated heterocycles. The van der Waals surface area contributed by atoms with Gasteiger partial charge in [0.1, 0.15) is 5.75 Å². The summed E-state index contributed by atoms with van der Waals surface area (Å²) in [5.74, 6) is 0.0682. The Kier molecular flexibility index (Phi) is 3.75. The maximum absolute atomic E-state index is 12.8. The molecular weight excluding hydrogens is 328 g/mol. The zero-order valence-corrected chi connectivity index (χ0v) is 14.9. The number of phenolic OH excluding ortho intramolecular Hbond substituents is 1. The minimum atomic E-state index is -0.579. The van der Waals surface area contributed by atoms with Gasteiger partial charge in [0, 0.05) is 11.3 Å². The third kappa shape index (κ3) is 2.55. The highest BCUT2D eigenvalue weighted by Crippen LogP contribution is 2.38. The summed E-state index contributed by atoms with van der Waals surface area (Å²) in [6.45, 7) is 3.75. The van der Waals surface area contributed by atoms with Crippen LogP contribution in [0.15, 0.2) is 36.4 Å². The van der Waals surface area contributed by atoms with Gasteiger partial charge in [0.15, 0.2) is 0 Å². The van der Waals surface area contributed by atoms with Crippen LogP contribution in [0.1, 0.15) is 59.8 Å². The highest BCUT2D eigenvalue weighted by atomic mass is 16.3. The number of benzene rings is 2. The maximum atomic E-state index is 12.8. The van der Waals surface area contributed by atoms with Gasteiger partial charge in [-0.05, 0) is 68.0 Å². The lowest BCUT2D eigenvalue weighted by Crippen LogP contribution is -2.31. The number of hydrogen-bond acceptors (Lipinski definition) is 3. The van der Waals surface area contributed by atoms with Crippen molar-refractivity contribution in [2.24, 2.45) is 0 Å². The number of carbonyl (C=O) groups excluding carboxylic acids is 2. The van der Waals surface area contributed by atoms with E-state index in [1.165, 1.54) is 0 Å². The van der Waals surface area contributed by atoms with E-state index in [1.807, 2.05) is 32.0 Å². The van der Waals surface area contributed by atoms with E-state index in [-0.39, 0.29) is 17.9 Å². The number of anilines is 1. The molecule has 2 aliphatic rings. The summed E-state index contributed by atoms with van der Waals surface area (Å²) in [5.41, 5.74) is 3.46. The van der Waals surface area contributed by atoms with E-state index >= 15 is 0 Å². The van der Waals surface area contributed by atoms with Crippen LogP contribution < -0.4 is 10.6 Å². The van der Waals surface area contributed by atoms with E-state index in [9.17, 15) is 14.7 Å². The Hall–Kier alpha value is -2.82. The fraction of sp³-hybridized carbons (Fsp3) is 0.333. The minimum Gasteiger partial charge on any atom is -0.508 e. The van der Waals surface area contributed by atoms with Crippen LogP contribution in [0.5, 0.6) is 5.75 Å². The van der Waals surface area contributed by atoms with E-state index in [1.54, 1.807) is 18.2 Å². The minimum absolute atomic E-state index is 0.0539. The average Bonchev–Trinajstić information content (AvgIpc) is 2.84. The quantitative estimate of drug-likeness (QED) is 0.776. The summed E-state index contributed by atoms with van der Waals surface area (Å²) in [5, 5.41) is 16.0. The van der Waals surface area contributed by atoms with Crippen molar-refractivity contribution >= 4 is 17.5 Å². The third-order valence-electron chi connectivity index (χ3n) is 5.56. The van der Waals surface area contributed by atoms with Crippen molar-refractivity contribution in [2.75, 3.05) is 5.32 Å². The molecule has 26 heavy (non-hydrogen) atoms. The molecule has 1 unspecified atom stereocenters. The number of amides is 2. The van der Waals surface area contributed by atoms with Crippen LogP contribution in [-0.2, 0) is 16.6 Å². The van der Waals surface area contributed by atoms with Crippen molar-refractivity contribution in [3.05, 3.63) is 58.7 Å². The summed E-state index contributed by atoms with van der Waals surface area (Å²) in [4.78, 5) is 24.8. The van der Waals surface area contributed by atoms with Gasteiger partial charge < -0.3 is 15.7 Å². The van der Waals surface area contributed by atoms with Gasteiger partial charge in [-0.1, -0.05) is 18.2 Å². The monoisotopic (exact) mass is 350 g/mol. The molecule has 0 bridgehead atoms.